The van der Waals surface area contributed by atoms with Crippen LogP contribution in [0.25, 0.3) is 0 Å². The summed E-state index contributed by atoms with van der Waals surface area (Å²) in [7, 11) is 0. The van der Waals surface area contributed by atoms with Crippen molar-refractivity contribution in [2.24, 2.45) is 0 Å². The van der Waals surface area contributed by atoms with Gasteiger partial charge in [0, 0.05) is 10.2 Å². The van der Waals surface area contributed by atoms with Gasteiger partial charge in [-0.15, -0.1) is 0 Å². The van der Waals surface area contributed by atoms with Crippen LogP contribution in [-0.2, 0) is 4.74 Å². The van der Waals surface area contributed by atoms with Gasteiger partial charge in [0.25, 0.3) is 0 Å². The lowest BCUT2D eigenvalue weighted by Crippen LogP contribution is -2.09. The monoisotopic (exact) mass is 259 g/mol. The number of hydrogen-bond donors (Lipinski definition) is 2. The van der Waals surface area contributed by atoms with E-state index in [1.807, 2.05) is 0 Å². The van der Waals surface area contributed by atoms with Gasteiger partial charge in [-0.1, -0.05) is 15.9 Å². The van der Waals surface area contributed by atoms with Crippen molar-refractivity contribution >= 4 is 27.6 Å². The summed E-state index contributed by atoms with van der Waals surface area (Å²) in [4.78, 5) is 11.3. The normalized spacial score (nSPS) is 9.86. The molecule has 0 aliphatic carbocycles. The Labute approximate surface area is 89.8 Å². The summed E-state index contributed by atoms with van der Waals surface area (Å²) in [6.45, 7) is -0.194. The van der Waals surface area contributed by atoms with Gasteiger partial charge in [0.1, 0.15) is 6.61 Å². The van der Waals surface area contributed by atoms with Crippen LogP contribution < -0.4 is 5.73 Å². The standard InChI is InChI=1S/C9H10BrNO3/c10-7-3-6(4-8(11)5-7)9(13)14-2-1-12/h3-5,12H,1-2,11H2. The molecule has 4 nitrogen and oxygen atoms in total. The van der Waals surface area contributed by atoms with Crippen LogP contribution in [0, 0.1) is 0 Å². The summed E-state index contributed by atoms with van der Waals surface area (Å²) < 4.78 is 5.44. The van der Waals surface area contributed by atoms with E-state index in [0.29, 0.717) is 15.7 Å². The fourth-order valence-corrected chi connectivity index (χ4v) is 1.46. The molecule has 1 aromatic carbocycles. The molecular formula is C9H10BrNO3. The third-order valence-corrected chi connectivity index (χ3v) is 1.94. The number of rotatable bonds is 3. The number of benzene rings is 1. The highest BCUT2D eigenvalue weighted by Crippen LogP contribution is 2.17. The first kappa shape index (κ1) is 11.0. The van der Waals surface area contributed by atoms with E-state index < -0.39 is 5.97 Å². The number of nitrogens with two attached hydrogens (primary N) is 1. The zero-order chi connectivity index (χ0) is 10.6. The number of aliphatic hydroxyl groups excluding tert-OH is 1. The SMILES string of the molecule is Nc1cc(Br)cc(C(=O)OCCO)c1. The zero-order valence-corrected chi connectivity index (χ0v) is 8.95. The van der Waals surface area contributed by atoms with E-state index in [2.05, 4.69) is 15.9 Å². The predicted molar refractivity (Wildman–Crippen MR) is 55.9 cm³/mol. The summed E-state index contributed by atoms with van der Waals surface area (Å²) in [6, 6.07) is 4.81. The third-order valence-electron chi connectivity index (χ3n) is 1.48. The molecule has 0 unspecified atom stereocenters. The first-order valence-corrected chi connectivity index (χ1v) is 4.77. The summed E-state index contributed by atoms with van der Waals surface area (Å²) in [5, 5.41) is 8.46. The Hall–Kier alpha value is -1.07. The highest BCUT2D eigenvalue weighted by atomic mass is 79.9. The van der Waals surface area contributed by atoms with E-state index in [0.717, 1.165) is 0 Å². The number of ether oxygens (including phenoxy) is 1. The van der Waals surface area contributed by atoms with Crippen LogP contribution in [0.4, 0.5) is 5.69 Å². The molecule has 0 aromatic heterocycles. The van der Waals surface area contributed by atoms with E-state index >= 15 is 0 Å². The zero-order valence-electron chi connectivity index (χ0n) is 7.37. The fourth-order valence-electron chi connectivity index (χ4n) is 0.952. The Balaban J connectivity index is 2.79. The van der Waals surface area contributed by atoms with Crippen molar-refractivity contribution in [2.45, 2.75) is 0 Å². The second-order valence-corrected chi connectivity index (χ2v) is 3.55. The van der Waals surface area contributed by atoms with E-state index in [1.165, 1.54) is 6.07 Å². The Kier molecular flexibility index (Phi) is 3.91. The van der Waals surface area contributed by atoms with Crippen LogP contribution in [0.1, 0.15) is 10.4 Å². The molecular weight excluding hydrogens is 250 g/mol. The van der Waals surface area contributed by atoms with Gasteiger partial charge >= 0.3 is 5.97 Å². The Morgan fingerprint density at radius 3 is 2.79 bits per heavy atom. The second-order valence-electron chi connectivity index (χ2n) is 2.63. The van der Waals surface area contributed by atoms with Gasteiger partial charge in [-0.3, -0.25) is 0 Å². The van der Waals surface area contributed by atoms with Gasteiger partial charge < -0.3 is 15.6 Å². The van der Waals surface area contributed by atoms with E-state index in [4.69, 9.17) is 15.6 Å². The molecule has 0 fully saturated rings. The summed E-state index contributed by atoms with van der Waals surface area (Å²) in [6.07, 6.45) is 0. The minimum absolute atomic E-state index is 0.00868. The number of halogens is 1. The third kappa shape index (κ3) is 3.01. The maximum atomic E-state index is 11.3. The maximum absolute atomic E-state index is 11.3. The molecule has 0 radical (unpaired) electrons. The molecule has 0 aliphatic rings. The average molecular weight is 260 g/mol. The summed E-state index contributed by atoms with van der Waals surface area (Å²) in [5.74, 6) is -0.493. The number of carbonyl (C=O) groups excluding carboxylic acids is 1. The Morgan fingerprint density at radius 2 is 2.21 bits per heavy atom. The molecule has 1 rings (SSSR count). The van der Waals surface area contributed by atoms with Gasteiger partial charge in [-0.2, -0.15) is 0 Å². The molecule has 0 saturated heterocycles. The number of hydrogen-bond acceptors (Lipinski definition) is 4. The first-order valence-electron chi connectivity index (χ1n) is 3.97. The van der Waals surface area contributed by atoms with Crippen molar-refractivity contribution in [3.05, 3.63) is 28.2 Å². The van der Waals surface area contributed by atoms with Crippen LogP contribution in [-0.4, -0.2) is 24.3 Å². The van der Waals surface area contributed by atoms with Gasteiger partial charge in [-0.05, 0) is 18.2 Å². The van der Waals surface area contributed by atoms with Crippen LogP contribution in [0.3, 0.4) is 0 Å². The van der Waals surface area contributed by atoms with Gasteiger partial charge in [0.15, 0.2) is 0 Å². The molecule has 76 valence electrons. The number of carbonyl (C=O) groups is 1. The lowest BCUT2D eigenvalue weighted by Gasteiger charge is -2.04. The molecule has 0 amide bonds. The molecule has 0 aliphatic heterocycles. The Morgan fingerprint density at radius 1 is 1.50 bits per heavy atom. The molecule has 5 heteroatoms. The Bertz CT molecular complexity index is 321. The minimum Gasteiger partial charge on any atom is -0.460 e. The maximum Gasteiger partial charge on any atom is 0.338 e. The van der Waals surface area contributed by atoms with Gasteiger partial charge in [-0.25, -0.2) is 4.79 Å². The molecule has 0 spiro atoms. The molecule has 0 bridgehead atoms. The number of nitrogen functional groups attached to an aromatic ring is 1. The fraction of sp³-hybridized carbons (Fsp3) is 0.222. The molecule has 3 N–H and O–H groups in total. The minimum atomic E-state index is -0.493. The molecule has 0 saturated carbocycles. The van der Waals surface area contributed by atoms with Crippen molar-refractivity contribution in [2.75, 3.05) is 18.9 Å². The number of aliphatic hydroxyl groups is 1. The highest BCUT2D eigenvalue weighted by Gasteiger charge is 2.07. The summed E-state index contributed by atoms with van der Waals surface area (Å²) in [5.41, 5.74) is 6.39. The molecule has 0 heterocycles. The van der Waals surface area contributed by atoms with Crippen molar-refractivity contribution in [3.8, 4) is 0 Å². The van der Waals surface area contributed by atoms with Gasteiger partial charge in [0.05, 0.1) is 12.2 Å². The molecule has 1 aromatic rings. The number of esters is 1. The van der Waals surface area contributed by atoms with Crippen LogP contribution in [0.2, 0.25) is 0 Å². The summed E-state index contributed by atoms with van der Waals surface area (Å²) >= 11 is 3.21. The topological polar surface area (TPSA) is 72.6 Å². The lowest BCUT2D eigenvalue weighted by molar-refractivity contribution is 0.0433. The van der Waals surface area contributed by atoms with Crippen LogP contribution in [0.15, 0.2) is 22.7 Å². The van der Waals surface area contributed by atoms with Gasteiger partial charge in [0.2, 0.25) is 0 Å². The van der Waals surface area contributed by atoms with Crippen molar-refractivity contribution in [3.63, 3.8) is 0 Å². The van der Waals surface area contributed by atoms with Crippen LogP contribution in [0.5, 0.6) is 0 Å². The smallest absolute Gasteiger partial charge is 0.338 e. The molecule has 14 heavy (non-hydrogen) atoms. The second kappa shape index (κ2) is 4.97. The average Bonchev–Trinajstić information content (AvgIpc) is 2.12. The predicted octanol–water partition coefficient (Wildman–Crippen LogP) is 1.18. The van der Waals surface area contributed by atoms with E-state index in [-0.39, 0.29) is 13.2 Å². The van der Waals surface area contributed by atoms with Crippen LogP contribution >= 0.6 is 15.9 Å². The van der Waals surface area contributed by atoms with Crippen molar-refractivity contribution in [1.29, 1.82) is 0 Å². The number of anilines is 1. The first-order chi connectivity index (χ1) is 6.63. The van der Waals surface area contributed by atoms with Crippen molar-refractivity contribution in [1.82, 2.24) is 0 Å². The largest absolute Gasteiger partial charge is 0.460 e. The highest BCUT2D eigenvalue weighted by molar-refractivity contribution is 9.10. The van der Waals surface area contributed by atoms with E-state index in [1.54, 1.807) is 12.1 Å². The quantitative estimate of drug-likeness (QED) is 0.632. The lowest BCUT2D eigenvalue weighted by atomic mass is 10.2. The molecule has 0 atom stereocenters. The van der Waals surface area contributed by atoms with E-state index in [9.17, 15) is 4.79 Å². The van der Waals surface area contributed by atoms with Crippen molar-refractivity contribution < 1.29 is 14.6 Å².